The first-order valence-electron chi connectivity index (χ1n) is 9.21. The van der Waals surface area contributed by atoms with Gasteiger partial charge in [-0.05, 0) is 45.2 Å². The quantitative estimate of drug-likeness (QED) is 0.574. The van der Waals surface area contributed by atoms with E-state index in [-0.39, 0.29) is 5.75 Å². The van der Waals surface area contributed by atoms with Crippen molar-refractivity contribution in [3.8, 4) is 5.75 Å². The van der Waals surface area contributed by atoms with Crippen LogP contribution in [0.5, 0.6) is 5.75 Å². The number of nitrogens with one attached hydrogen (secondary N) is 2. The fourth-order valence-electron chi connectivity index (χ4n) is 3.23. The van der Waals surface area contributed by atoms with E-state index in [1.165, 1.54) is 19.4 Å². The van der Waals surface area contributed by atoms with Crippen LogP contribution < -0.4 is 15.4 Å². The highest BCUT2D eigenvalue weighted by molar-refractivity contribution is 5.79. The number of halogens is 2. The molecule has 1 aromatic carbocycles. The van der Waals surface area contributed by atoms with E-state index in [2.05, 4.69) is 39.1 Å². The normalized spacial score (nSPS) is 19.0. The van der Waals surface area contributed by atoms with Crippen molar-refractivity contribution < 1.29 is 13.5 Å². The second-order valence-corrected chi connectivity index (χ2v) is 6.89. The van der Waals surface area contributed by atoms with Crippen molar-refractivity contribution in [1.29, 1.82) is 0 Å². The molecule has 0 amide bonds. The van der Waals surface area contributed by atoms with E-state index in [0.29, 0.717) is 30.0 Å². The highest BCUT2D eigenvalue weighted by Gasteiger charge is 2.21. The molecule has 1 aliphatic heterocycles. The summed E-state index contributed by atoms with van der Waals surface area (Å²) in [7, 11) is 1.71. The van der Waals surface area contributed by atoms with Crippen molar-refractivity contribution in [2.75, 3.05) is 26.7 Å². The number of benzene rings is 1. The maximum atomic E-state index is 12.5. The maximum absolute atomic E-state index is 12.5. The number of guanidine groups is 1. The van der Waals surface area contributed by atoms with Crippen molar-refractivity contribution >= 4 is 5.96 Å². The summed E-state index contributed by atoms with van der Waals surface area (Å²) < 4.78 is 29.6. The van der Waals surface area contributed by atoms with Crippen LogP contribution >= 0.6 is 0 Å². The van der Waals surface area contributed by atoms with Crippen molar-refractivity contribution in [2.45, 2.75) is 45.9 Å². The number of hydrogen-bond donors (Lipinski definition) is 2. The Morgan fingerprint density at radius 3 is 2.77 bits per heavy atom. The van der Waals surface area contributed by atoms with E-state index in [0.717, 1.165) is 13.1 Å². The molecule has 0 radical (unpaired) electrons. The zero-order valence-corrected chi connectivity index (χ0v) is 15.8. The molecule has 0 aromatic heterocycles. The lowest BCUT2D eigenvalue weighted by molar-refractivity contribution is -0.0504. The Labute approximate surface area is 154 Å². The van der Waals surface area contributed by atoms with Crippen LogP contribution in [0, 0.1) is 5.92 Å². The summed E-state index contributed by atoms with van der Waals surface area (Å²) in [5.74, 6) is 1.43. The zero-order valence-electron chi connectivity index (χ0n) is 15.8. The minimum Gasteiger partial charge on any atom is -0.434 e. The average Bonchev–Trinajstić information content (AvgIpc) is 2.63. The van der Waals surface area contributed by atoms with Crippen LogP contribution in [0.3, 0.4) is 0 Å². The van der Waals surface area contributed by atoms with Crippen molar-refractivity contribution in [3.63, 3.8) is 0 Å². The van der Waals surface area contributed by atoms with Crippen molar-refractivity contribution in [1.82, 2.24) is 15.5 Å². The van der Waals surface area contributed by atoms with Gasteiger partial charge in [0.05, 0.1) is 0 Å². The molecule has 5 nitrogen and oxygen atoms in total. The Bertz CT molecular complexity index is 580. The van der Waals surface area contributed by atoms with Crippen LogP contribution in [0.15, 0.2) is 29.3 Å². The second kappa shape index (κ2) is 10.3. The van der Waals surface area contributed by atoms with Crippen LogP contribution in [0.1, 0.15) is 32.3 Å². The molecule has 0 saturated carbocycles. The predicted molar refractivity (Wildman–Crippen MR) is 101 cm³/mol. The first-order valence-corrected chi connectivity index (χ1v) is 9.21. The number of para-hydroxylation sites is 1. The van der Waals surface area contributed by atoms with Gasteiger partial charge < -0.3 is 20.3 Å². The van der Waals surface area contributed by atoms with E-state index in [1.807, 2.05) is 0 Å². The molecule has 0 spiro atoms. The number of nitrogens with zero attached hydrogens (tertiary/aromatic N) is 2. The molecule has 0 bridgehead atoms. The first-order chi connectivity index (χ1) is 12.5. The molecule has 0 aliphatic carbocycles. The lowest BCUT2D eigenvalue weighted by atomic mass is 9.97. The molecule has 2 rings (SSSR count). The third-order valence-electron chi connectivity index (χ3n) is 4.70. The topological polar surface area (TPSA) is 48.9 Å². The smallest absolute Gasteiger partial charge is 0.387 e. The third kappa shape index (κ3) is 6.44. The molecule has 146 valence electrons. The number of ether oxygens (including phenoxy) is 1. The van der Waals surface area contributed by atoms with Crippen molar-refractivity contribution in [3.05, 3.63) is 29.8 Å². The van der Waals surface area contributed by atoms with E-state index >= 15 is 0 Å². The molecule has 1 aromatic rings. The van der Waals surface area contributed by atoms with Crippen LogP contribution in [-0.2, 0) is 6.54 Å². The summed E-state index contributed by atoms with van der Waals surface area (Å²) in [4.78, 5) is 6.73. The van der Waals surface area contributed by atoms with Gasteiger partial charge in [-0.3, -0.25) is 4.99 Å². The molecule has 1 unspecified atom stereocenters. The van der Waals surface area contributed by atoms with Crippen LogP contribution in [0.4, 0.5) is 8.78 Å². The SMILES string of the molecule is CN=C(NCc1ccccc1OC(F)F)NCC1CCCN(C(C)C)C1. The van der Waals surface area contributed by atoms with Gasteiger partial charge in [-0.2, -0.15) is 8.78 Å². The Hall–Kier alpha value is -1.89. The van der Waals surface area contributed by atoms with E-state index in [9.17, 15) is 8.78 Å². The van der Waals surface area contributed by atoms with Gasteiger partial charge in [0.15, 0.2) is 5.96 Å². The van der Waals surface area contributed by atoms with Gasteiger partial charge in [0.25, 0.3) is 0 Å². The minimum absolute atomic E-state index is 0.185. The van der Waals surface area contributed by atoms with Gasteiger partial charge in [-0.1, -0.05) is 18.2 Å². The lowest BCUT2D eigenvalue weighted by Crippen LogP contribution is -2.46. The fourth-order valence-corrected chi connectivity index (χ4v) is 3.23. The number of rotatable bonds is 7. The van der Waals surface area contributed by atoms with Gasteiger partial charge in [0, 0.05) is 38.3 Å². The fraction of sp³-hybridized carbons (Fsp3) is 0.632. The second-order valence-electron chi connectivity index (χ2n) is 6.89. The molecule has 1 fully saturated rings. The molecular weight excluding hydrogens is 338 g/mol. The van der Waals surface area contributed by atoms with Crippen LogP contribution in [-0.4, -0.2) is 50.2 Å². The van der Waals surface area contributed by atoms with Gasteiger partial charge in [-0.25, -0.2) is 0 Å². The summed E-state index contributed by atoms with van der Waals surface area (Å²) in [5.41, 5.74) is 0.666. The minimum atomic E-state index is -2.83. The highest BCUT2D eigenvalue weighted by Crippen LogP contribution is 2.20. The molecule has 26 heavy (non-hydrogen) atoms. The Balaban J connectivity index is 1.83. The molecule has 1 heterocycles. The Kier molecular flexibility index (Phi) is 8.09. The number of alkyl halides is 2. The average molecular weight is 368 g/mol. The molecule has 1 aliphatic rings. The van der Waals surface area contributed by atoms with Gasteiger partial charge in [0.1, 0.15) is 5.75 Å². The zero-order chi connectivity index (χ0) is 18.9. The predicted octanol–water partition coefficient (Wildman–Crippen LogP) is 3.07. The molecule has 2 N–H and O–H groups in total. The Morgan fingerprint density at radius 1 is 1.31 bits per heavy atom. The summed E-state index contributed by atoms with van der Waals surface area (Å²) in [6, 6.07) is 7.36. The molecule has 1 atom stereocenters. The number of likely N-dealkylation sites (tertiary alicyclic amines) is 1. The molecule has 7 heteroatoms. The van der Waals surface area contributed by atoms with Gasteiger partial charge >= 0.3 is 6.61 Å². The monoisotopic (exact) mass is 368 g/mol. The van der Waals surface area contributed by atoms with Crippen LogP contribution in [0.2, 0.25) is 0 Å². The van der Waals surface area contributed by atoms with E-state index < -0.39 is 6.61 Å². The van der Waals surface area contributed by atoms with E-state index in [4.69, 9.17) is 0 Å². The largest absolute Gasteiger partial charge is 0.434 e. The van der Waals surface area contributed by atoms with Gasteiger partial charge in [-0.15, -0.1) is 0 Å². The van der Waals surface area contributed by atoms with Crippen LogP contribution in [0.25, 0.3) is 0 Å². The highest BCUT2D eigenvalue weighted by atomic mass is 19.3. The standard InChI is InChI=1S/C19H30F2N4O/c1-14(2)25-10-6-7-15(13-25)11-23-19(22-3)24-12-16-8-4-5-9-17(16)26-18(20)21/h4-5,8-9,14-15,18H,6-7,10-13H2,1-3H3,(H2,22,23,24). The summed E-state index contributed by atoms with van der Waals surface area (Å²) in [6.07, 6.45) is 2.42. The summed E-state index contributed by atoms with van der Waals surface area (Å²) in [6.45, 7) is 5.10. The third-order valence-corrected chi connectivity index (χ3v) is 4.70. The first kappa shape index (κ1) is 20.4. The van der Waals surface area contributed by atoms with E-state index in [1.54, 1.807) is 31.3 Å². The summed E-state index contributed by atoms with van der Waals surface area (Å²) in [5, 5.41) is 6.53. The number of aliphatic imine (C=N–C) groups is 1. The molecular formula is C19H30F2N4O. The Morgan fingerprint density at radius 2 is 2.08 bits per heavy atom. The lowest BCUT2D eigenvalue weighted by Gasteiger charge is -2.35. The number of hydrogen-bond acceptors (Lipinski definition) is 3. The maximum Gasteiger partial charge on any atom is 0.387 e. The summed E-state index contributed by atoms with van der Waals surface area (Å²) >= 11 is 0. The van der Waals surface area contributed by atoms with Crippen molar-refractivity contribution in [2.24, 2.45) is 10.9 Å². The molecule has 1 saturated heterocycles. The van der Waals surface area contributed by atoms with Gasteiger partial charge in [0.2, 0.25) is 0 Å². The number of piperidine rings is 1.